The fraction of sp³-hybridized carbons (Fsp3) is 1.00. The second-order valence-electron chi connectivity index (χ2n) is 3.27. The van der Waals surface area contributed by atoms with Gasteiger partial charge in [0.25, 0.3) is 0 Å². The van der Waals surface area contributed by atoms with E-state index in [2.05, 4.69) is 34.8 Å². The van der Waals surface area contributed by atoms with Crippen LogP contribution in [0.15, 0.2) is 0 Å². The van der Waals surface area contributed by atoms with Gasteiger partial charge in [0.1, 0.15) is 0 Å². The zero-order valence-corrected chi connectivity index (χ0v) is 7.62. The molecule has 1 aliphatic rings. The van der Waals surface area contributed by atoms with Crippen LogP contribution in [0, 0.1) is 11.8 Å². The van der Waals surface area contributed by atoms with Crippen LogP contribution in [0.4, 0.5) is 0 Å². The lowest BCUT2D eigenvalue weighted by molar-refractivity contribution is 0.394. The molecule has 1 nitrogen and oxygen atoms in total. The summed E-state index contributed by atoms with van der Waals surface area (Å²) in [5.41, 5.74) is 0. The molecule has 54 valence electrons. The van der Waals surface area contributed by atoms with E-state index in [9.17, 15) is 0 Å². The van der Waals surface area contributed by atoms with Gasteiger partial charge in [-0.1, -0.05) is 23.2 Å². The third-order valence-corrected chi connectivity index (χ3v) is 3.36. The van der Waals surface area contributed by atoms with E-state index in [0.29, 0.717) is 0 Å². The first-order chi connectivity index (χ1) is 4.13. The highest BCUT2D eigenvalue weighted by Gasteiger charge is 2.30. The predicted molar refractivity (Wildman–Crippen MR) is 44.2 cm³/mol. The van der Waals surface area contributed by atoms with Crippen molar-refractivity contribution in [1.82, 2.24) is 4.67 Å². The van der Waals surface area contributed by atoms with Crippen LogP contribution in [0.25, 0.3) is 0 Å². The van der Waals surface area contributed by atoms with Gasteiger partial charge in [-0.05, 0) is 18.8 Å². The van der Waals surface area contributed by atoms with Gasteiger partial charge >= 0.3 is 0 Å². The topological polar surface area (TPSA) is 3.24 Å². The monoisotopic (exact) mass is 145 g/mol. The summed E-state index contributed by atoms with van der Waals surface area (Å²) in [6.07, 6.45) is 0. The molecule has 0 amide bonds. The van der Waals surface area contributed by atoms with Crippen molar-refractivity contribution in [2.45, 2.75) is 26.8 Å². The summed E-state index contributed by atoms with van der Waals surface area (Å²) in [6, 6.07) is 0.755. The van der Waals surface area contributed by atoms with Crippen LogP contribution in [0.2, 0.25) is 0 Å². The number of rotatable bonds is 0. The van der Waals surface area contributed by atoms with Crippen molar-refractivity contribution in [3.63, 3.8) is 0 Å². The van der Waals surface area contributed by atoms with Gasteiger partial charge in [0, 0.05) is 12.6 Å². The Morgan fingerprint density at radius 1 is 1.33 bits per heavy atom. The predicted octanol–water partition coefficient (Wildman–Crippen LogP) is 1.75. The van der Waals surface area contributed by atoms with Crippen LogP contribution < -0.4 is 0 Å². The highest BCUT2D eigenvalue weighted by atomic mass is 31.0. The molecule has 0 aromatic carbocycles. The maximum absolute atomic E-state index is 2.79. The third-order valence-electron chi connectivity index (χ3n) is 2.68. The standard InChI is InChI=1S/C7H16NP/c1-5-4-8(9)7(3)6(5)2/h5-7H,4,9H2,1-3H3/t5?,6-,7?/m1/s1. The molecule has 1 heterocycles. The number of nitrogens with zero attached hydrogens (tertiary/aromatic N) is 1. The van der Waals surface area contributed by atoms with Crippen LogP contribution in [-0.2, 0) is 0 Å². The molecule has 2 heteroatoms. The molecule has 0 saturated carbocycles. The molecule has 1 saturated heterocycles. The van der Waals surface area contributed by atoms with Crippen LogP contribution in [0.3, 0.4) is 0 Å². The second-order valence-corrected chi connectivity index (χ2v) is 3.94. The van der Waals surface area contributed by atoms with Crippen LogP contribution in [0.5, 0.6) is 0 Å². The van der Waals surface area contributed by atoms with Gasteiger partial charge in [0.2, 0.25) is 0 Å². The maximum atomic E-state index is 2.79. The quantitative estimate of drug-likeness (QED) is 0.469. The normalized spacial score (nSPS) is 46.0. The largest absolute Gasteiger partial charge is 0.284 e. The lowest BCUT2D eigenvalue weighted by atomic mass is 9.95. The van der Waals surface area contributed by atoms with Crippen LogP contribution in [-0.4, -0.2) is 17.3 Å². The first kappa shape index (κ1) is 7.50. The Kier molecular flexibility index (Phi) is 2.13. The first-order valence-electron chi connectivity index (χ1n) is 3.64. The summed E-state index contributed by atoms with van der Waals surface area (Å²) in [5.74, 6) is 1.74. The Labute approximate surface area is 60.1 Å². The SMILES string of the molecule is CC1CN(P)C(C)[C@@H]1C. The fourth-order valence-corrected chi connectivity index (χ4v) is 2.05. The zero-order valence-electron chi connectivity index (χ0n) is 6.46. The molecule has 0 aromatic rings. The van der Waals surface area contributed by atoms with Crippen molar-refractivity contribution in [1.29, 1.82) is 0 Å². The van der Waals surface area contributed by atoms with Gasteiger partial charge in [0.15, 0.2) is 0 Å². The summed E-state index contributed by atoms with van der Waals surface area (Å²) < 4.78 is 2.36. The summed E-state index contributed by atoms with van der Waals surface area (Å²) >= 11 is 0. The summed E-state index contributed by atoms with van der Waals surface area (Å²) in [6.45, 7) is 8.19. The van der Waals surface area contributed by atoms with E-state index in [-0.39, 0.29) is 0 Å². The molecule has 9 heavy (non-hydrogen) atoms. The zero-order chi connectivity index (χ0) is 7.02. The minimum Gasteiger partial charge on any atom is -0.284 e. The van der Waals surface area contributed by atoms with E-state index in [1.54, 1.807) is 0 Å². The molecule has 0 spiro atoms. The Morgan fingerprint density at radius 3 is 2.00 bits per heavy atom. The highest BCUT2D eigenvalue weighted by Crippen LogP contribution is 2.30. The average Bonchev–Trinajstić information content (AvgIpc) is 1.98. The summed E-state index contributed by atoms with van der Waals surface area (Å²) in [7, 11) is 2.79. The van der Waals surface area contributed by atoms with E-state index in [1.165, 1.54) is 6.54 Å². The number of hydrogen-bond acceptors (Lipinski definition) is 1. The molecule has 1 fully saturated rings. The van der Waals surface area contributed by atoms with E-state index in [4.69, 9.17) is 0 Å². The number of hydrogen-bond donors (Lipinski definition) is 0. The molecule has 0 bridgehead atoms. The van der Waals surface area contributed by atoms with Crippen molar-refractivity contribution < 1.29 is 0 Å². The first-order valence-corrected chi connectivity index (χ1v) is 4.16. The molecular formula is C7H16NP. The van der Waals surface area contributed by atoms with Crippen molar-refractivity contribution in [2.75, 3.05) is 6.54 Å². The minimum atomic E-state index is 0.755. The summed E-state index contributed by atoms with van der Waals surface area (Å²) in [5, 5.41) is 0. The summed E-state index contributed by atoms with van der Waals surface area (Å²) in [4.78, 5) is 0. The highest BCUT2D eigenvalue weighted by molar-refractivity contribution is 7.13. The second kappa shape index (κ2) is 2.56. The molecule has 0 radical (unpaired) electrons. The Bertz CT molecular complexity index is 93.1. The lowest BCUT2D eigenvalue weighted by Gasteiger charge is -2.16. The van der Waals surface area contributed by atoms with E-state index in [0.717, 1.165) is 17.9 Å². The molecule has 0 aliphatic carbocycles. The minimum absolute atomic E-state index is 0.755. The van der Waals surface area contributed by atoms with E-state index in [1.807, 2.05) is 0 Å². The van der Waals surface area contributed by atoms with Crippen molar-refractivity contribution in [3.8, 4) is 0 Å². The van der Waals surface area contributed by atoms with Gasteiger partial charge in [-0.15, -0.1) is 0 Å². The van der Waals surface area contributed by atoms with Crippen molar-refractivity contribution in [2.24, 2.45) is 11.8 Å². The van der Waals surface area contributed by atoms with Crippen molar-refractivity contribution in [3.05, 3.63) is 0 Å². The van der Waals surface area contributed by atoms with E-state index < -0.39 is 0 Å². The molecule has 0 N–H and O–H groups in total. The maximum Gasteiger partial charge on any atom is 0.0130 e. The van der Waals surface area contributed by atoms with Crippen molar-refractivity contribution >= 4 is 9.39 Å². The molecule has 0 aromatic heterocycles. The Hall–Kier alpha value is 0.390. The molecule has 4 atom stereocenters. The van der Waals surface area contributed by atoms with Crippen LogP contribution in [0.1, 0.15) is 20.8 Å². The van der Waals surface area contributed by atoms with Gasteiger partial charge in [-0.3, -0.25) is 4.67 Å². The smallest absolute Gasteiger partial charge is 0.0130 e. The van der Waals surface area contributed by atoms with Gasteiger partial charge in [0.05, 0.1) is 0 Å². The van der Waals surface area contributed by atoms with Gasteiger partial charge in [-0.25, -0.2) is 0 Å². The van der Waals surface area contributed by atoms with Gasteiger partial charge < -0.3 is 0 Å². The fourth-order valence-electron chi connectivity index (χ4n) is 1.44. The Balaban J connectivity index is 2.54. The molecule has 1 rings (SSSR count). The lowest BCUT2D eigenvalue weighted by Crippen LogP contribution is -2.18. The van der Waals surface area contributed by atoms with Gasteiger partial charge in [-0.2, -0.15) is 0 Å². The molecule has 1 aliphatic heterocycles. The molecule has 3 unspecified atom stereocenters. The average molecular weight is 145 g/mol. The third kappa shape index (κ3) is 1.28. The van der Waals surface area contributed by atoms with E-state index >= 15 is 0 Å². The molecular weight excluding hydrogens is 129 g/mol. The Morgan fingerprint density at radius 2 is 1.89 bits per heavy atom. The van der Waals surface area contributed by atoms with Crippen LogP contribution >= 0.6 is 9.39 Å².